The second-order valence-corrected chi connectivity index (χ2v) is 11.1. The number of nitrogens with zero attached hydrogens (tertiary/aromatic N) is 2. The van der Waals surface area contributed by atoms with Gasteiger partial charge in [-0.3, -0.25) is 14.5 Å². The molecule has 2 amide bonds. The first-order chi connectivity index (χ1) is 19.7. The summed E-state index contributed by atoms with van der Waals surface area (Å²) in [4.78, 5) is 49.4. The number of benzene rings is 3. The van der Waals surface area contributed by atoms with Crippen LogP contribution in [0.2, 0.25) is 0 Å². The number of imidazole rings is 1. The van der Waals surface area contributed by atoms with E-state index in [0.29, 0.717) is 17.8 Å². The fourth-order valence-electron chi connectivity index (χ4n) is 4.85. The maximum atomic E-state index is 13.9. The van der Waals surface area contributed by atoms with Crippen molar-refractivity contribution in [1.29, 1.82) is 0 Å². The Morgan fingerprint density at radius 3 is 2.39 bits per heavy atom. The summed E-state index contributed by atoms with van der Waals surface area (Å²) in [6.07, 6.45) is -0.407. The normalized spacial score (nSPS) is 15.6. The number of hydrogen-bond acceptors (Lipinski definition) is 6. The summed E-state index contributed by atoms with van der Waals surface area (Å²) in [6, 6.07) is 22.9. The van der Waals surface area contributed by atoms with E-state index >= 15 is 0 Å². The quantitative estimate of drug-likeness (QED) is 0.303. The Hall–Kier alpha value is -4.66. The number of para-hydroxylation sites is 2. The van der Waals surface area contributed by atoms with Crippen LogP contribution < -0.4 is 5.32 Å². The van der Waals surface area contributed by atoms with Gasteiger partial charge < -0.3 is 19.8 Å². The van der Waals surface area contributed by atoms with Crippen molar-refractivity contribution in [3.05, 3.63) is 101 Å². The topological polar surface area (TPSA) is 114 Å². The number of carbonyl (C=O) groups is 3. The fraction of sp³-hybridized carbons (Fsp3) is 0.312. The molecular formula is C32H34N4O5. The van der Waals surface area contributed by atoms with Gasteiger partial charge in [-0.15, -0.1) is 0 Å². The van der Waals surface area contributed by atoms with Gasteiger partial charge in [0.2, 0.25) is 5.91 Å². The predicted octanol–water partition coefficient (Wildman–Crippen LogP) is 5.22. The number of nitrogens with one attached hydrogen (secondary N) is 2. The SMILES string of the molecule is CC(C)(C)OC(=O)N1Cc2ccccc2C[C@H]1C(=O)N[C@@H](CC(=O)OCc1ccccc1)c1nc2ccccc2[nH]1. The standard InChI is InChI=1S/C32H34N4O5/c1-32(2,3)41-31(39)36-19-23-14-8-7-13-22(23)17-27(36)30(38)35-26(29-33-24-15-9-10-16-25(24)34-29)18-28(37)40-20-21-11-5-4-6-12-21/h4-16,26-27H,17-20H2,1-3H3,(H,33,34)(H,35,38)/t26-,27-/m0/s1. The van der Waals surface area contributed by atoms with E-state index in [0.717, 1.165) is 22.2 Å². The molecule has 9 nitrogen and oxygen atoms in total. The van der Waals surface area contributed by atoms with E-state index in [1.165, 1.54) is 4.90 Å². The van der Waals surface area contributed by atoms with Gasteiger partial charge >= 0.3 is 12.1 Å². The van der Waals surface area contributed by atoms with E-state index in [-0.39, 0.29) is 19.6 Å². The van der Waals surface area contributed by atoms with Crippen LogP contribution in [0.1, 0.15) is 55.7 Å². The van der Waals surface area contributed by atoms with Crippen molar-refractivity contribution < 1.29 is 23.9 Å². The second-order valence-electron chi connectivity index (χ2n) is 11.1. The number of aromatic amines is 1. The zero-order chi connectivity index (χ0) is 29.0. The summed E-state index contributed by atoms with van der Waals surface area (Å²) >= 11 is 0. The zero-order valence-corrected chi connectivity index (χ0v) is 23.4. The van der Waals surface area contributed by atoms with Crippen LogP contribution in [0.25, 0.3) is 11.0 Å². The molecule has 1 aliphatic rings. The third-order valence-corrected chi connectivity index (χ3v) is 6.85. The van der Waals surface area contributed by atoms with Crippen LogP contribution in [-0.2, 0) is 38.6 Å². The van der Waals surface area contributed by atoms with Crippen molar-refractivity contribution in [2.75, 3.05) is 0 Å². The average molecular weight is 555 g/mol. The van der Waals surface area contributed by atoms with Gasteiger partial charge in [-0.25, -0.2) is 9.78 Å². The van der Waals surface area contributed by atoms with Crippen LogP contribution in [0.5, 0.6) is 0 Å². The highest BCUT2D eigenvalue weighted by Crippen LogP contribution is 2.27. The van der Waals surface area contributed by atoms with Gasteiger partial charge in [-0.1, -0.05) is 66.7 Å². The number of H-pyrrole nitrogens is 1. The Balaban J connectivity index is 1.39. The molecule has 1 aliphatic heterocycles. The average Bonchev–Trinajstić information content (AvgIpc) is 3.39. The molecule has 41 heavy (non-hydrogen) atoms. The Kier molecular flexibility index (Phi) is 8.05. The van der Waals surface area contributed by atoms with Crippen molar-refractivity contribution >= 4 is 29.0 Å². The minimum absolute atomic E-state index is 0.117. The van der Waals surface area contributed by atoms with Gasteiger partial charge in [-0.2, -0.15) is 0 Å². The molecule has 4 aromatic rings. The van der Waals surface area contributed by atoms with Crippen LogP contribution in [0.15, 0.2) is 78.9 Å². The Labute approximate surface area is 238 Å². The van der Waals surface area contributed by atoms with E-state index in [2.05, 4.69) is 15.3 Å². The van der Waals surface area contributed by atoms with Gasteiger partial charge in [0.15, 0.2) is 0 Å². The van der Waals surface area contributed by atoms with Gasteiger partial charge in [0, 0.05) is 6.42 Å². The largest absolute Gasteiger partial charge is 0.461 e. The lowest BCUT2D eigenvalue weighted by atomic mass is 9.93. The van der Waals surface area contributed by atoms with E-state index in [1.807, 2.05) is 78.9 Å². The highest BCUT2D eigenvalue weighted by molar-refractivity contribution is 5.87. The fourth-order valence-corrected chi connectivity index (χ4v) is 4.85. The summed E-state index contributed by atoms with van der Waals surface area (Å²) in [5, 5.41) is 2.99. The molecule has 2 N–H and O–H groups in total. The number of aromatic nitrogens is 2. The number of hydrogen-bond donors (Lipinski definition) is 2. The van der Waals surface area contributed by atoms with Crippen molar-refractivity contribution in [2.24, 2.45) is 0 Å². The molecule has 5 rings (SSSR count). The smallest absolute Gasteiger partial charge is 0.411 e. The van der Waals surface area contributed by atoms with Crippen LogP contribution in [0.4, 0.5) is 4.79 Å². The third kappa shape index (κ3) is 6.92. The number of rotatable bonds is 7. The first-order valence-electron chi connectivity index (χ1n) is 13.7. The lowest BCUT2D eigenvalue weighted by Gasteiger charge is -2.37. The van der Waals surface area contributed by atoms with Crippen LogP contribution >= 0.6 is 0 Å². The maximum absolute atomic E-state index is 13.9. The molecule has 1 aromatic heterocycles. The number of fused-ring (bicyclic) bond motifs is 2. The van der Waals surface area contributed by atoms with Gasteiger partial charge in [0.25, 0.3) is 0 Å². The molecule has 0 bridgehead atoms. The van der Waals surface area contributed by atoms with Crippen LogP contribution in [0.3, 0.4) is 0 Å². The lowest BCUT2D eigenvalue weighted by Crippen LogP contribution is -2.54. The highest BCUT2D eigenvalue weighted by Gasteiger charge is 2.38. The Morgan fingerprint density at radius 1 is 0.976 bits per heavy atom. The van der Waals surface area contributed by atoms with E-state index in [1.54, 1.807) is 20.8 Å². The third-order valence-electron chi connectivity index (χ3n) is 6.85. The lowest BCUT2D eigenvalue weighted by molar-refractivity contribution is -0.145. The number of ether oxygens (including phenoxy) is 2. The van der Waals surface area contributed by atoms with Gasteiger partial charge in [0.05, 0.1) is 30.0 Å². The number of esters is 1. The first kappa shape index (κ1) is 27.9. The van der Waals surface area contributed by atoms with Crippen molar-refractivity contribution in [1.82, 2.24) is 20.2 Å². The summed E-state index contributed by atoms with van der Waals surface area (Å²) in [5.74, 6) is -0.472. The molecule has 2 atom stereocenters. The molecule has 2 heterocycles. The Bertz CT molecular complexity index is 1510. The molecule has 0 unspecified atom stereocenters. The molecular weight excluding hydrogens is 520 g/mol. The van der Waals surface area contributed by atoms with Crippen LogP contribution in [-0.4, -0.2) is 44.5 Å². The molecule has 0 radical (unpaired) electrons. The van der Waals surface area contributed by atoms with E-state index < -0.39 is 35.7 Å². The monoisotopic (exact) mass is 554 g/mol. The first-order valence-corrected chi connectivity index (χ1v) is 13.7. The van der Waals surface area contributed by atoms with E-state index in [4.69, 9.17) is 9.47 Å². The maximum Gasteiger partial charge on any atom is 0.411 e. The zero-order valence-electron chi connectivity index (χ0n) is 23.4. The van der Waals surface area contributed by atoms with Crippen molar-refractivity contribution in [3.8, 4) is 0 Å². The summed E-state index contributed by atoms with van der Waals surface area (Å²) < 4.78 is 11.2. The number of amides is 2. The minimum atomic E-state index is -0.841. The highest BCUT2D eigenvalue weighted by atomic mass is 16.6. The summed E-state index contributed by atoms with van der Waals surface area (Å²) in [6.45, 7) is 5.72. The molecule has 0 saturated heterocycles. The number of carbonyl (C=O) groups excluding carboxylic acids is 3. The molecule has 9 heteroatoms. The van der Waals surface area contributed by atoms with Gasteiger partial charge in [0.1, 0.15) is 24.1 Å². The predicted molar refractivity (Wildman–Crippen MR) is 154 cm³/mol. The summed E-state index contributed by atoms with van der Waals surface area (Å²) in [7, 11) is 0. The van der Waals surface area contributed by atoms with Gasteiger partial charge in [-0.05, 0) is 49.6 Å². The van der Waals surface area contributed by atoms with Crippen LogP contribution in [0, 0.1) is 0 Å². The minimum Gasteiger partial charge on any atom is -0.461 e. The summed E-state index contributed by atoms with van der Waals surface area (Å²) in [5.41, 5.74) is 3.56. The van der Waals surface area contributed by atoms with Crippen molar-refractivity contribution in [3.63, 3.8) is 0 Å². The Morgan fingerprint density at radius 2 is 1.66 bits per heavy atom. The molecule has 0 fully saturated rings. The molecule has 0 saturated carbocycles. The molecule has 3 aromatic carbocycles. The molecule has 0 spiro atoms. The molecule has 0 aliphatic carbocycles. The molecule has 212 valence electrons. The second kappa shape index (κ2) is 11.8. The van der Waals surface area contributed by atoms with E-state index in [9.17, 15) is 14.4 Å². The van der Waals surface area contributed by atoms with Crippen molar-refractivity contribution in [2.45, 2.75) is 64.4 Å².